The topological polar surface area (TPSA) is 99.6 Å². The van der Waals surface area contributed by atoms with Gasteiger partial charge in [-0.1, -0.05) is 49.4 Å². The van der Waals surface area contributed by atoms with Crippen molar-refractivity contribution in [2.45, 2.75) is 56.8 Å². The van der Waals surface area contributed by atoms with Crippen LogP contribution in [0.15, 0.2) is 92.0 Å². The lowest BCUT2D eigenvalue weighted by Crippen LogP contribution is -2.56. The molecule has 3 amide bonds. The molecule has 3 aliphatic rings. The maximum atomic E-state index is 14.9. The van der Waals surface area contributed by atoms with Gasteiger partial charge in [-0.3, -0.25) is 14.4 Å². The third-order valence-corrected chi connectivity index (χ3v) is 10.4. The average Bonchev–Trinajstić information content (AvgIpc) is 3.71. The van der Waals surface area contributed by atoms with E-state index in [0.29, 0.717) is 49.4 Å². The van der Waals surface area contributed by atoms with Gasteiger partial charge in [-0.2, -0.15) is 0 Å². The number of carbonyl (C=O) groups is 3. The number of nitrogens with zero attached hydrogens (tertiary/aromatic N) is 3. The summed E-state index contributed by atoms with van der Waals surface area (Å²) in [4.78, 5) is 49.3. The highest BCUT2D eigenvalue weighted by Gasteiger charge is 2.79. The van der Waals surface area contributed by atoms with E-state index in [1.54, 1.807) is 26.9 Å². The first-order chi connectivity index (χ1) is 23.3. The molecule has 3 aromatic rings. The van der Waals surface area contributed by atoms with Gasteiger partial charge in [0.15, 0.2) is 0 Å². The number of amides is 3. The molecule has 3 saturated heterocycles. The van der Waals surface area contributed by atoms with Crippen LogP contribution in [0, 0.1) is 11.8 Å². The fraction of sp³-hybridized carbons (Fsp3) is 0.410. The lowest BCUT2D eigenvalue weighted by molar-refractivity contribution is -0.146. The summed E-state index contributed by atoms with van der Waals surface area (Å²) in [7, 11) is 0. The van der Waals surface area contributed by atoms with Gasteiger partial charge in [-0.15, -0.1) is 13.2 Å². The molecule has 3 heterocycles. The van der Waals surface area contributed by atoms with Crippen LogP contribution in [-0.2, 0) is 19.1 Å². The zero-order chi connectivity index (χ0) is 34.1. The van der Waals surface area contributed by atoms with Crippen molar-refractivity contribution in [2.75, 3.05) is 42.6 Å². The van der Waals surface area contributed by atoms with Crippen molar-refractivity contribution in [3.05, 3.63) is 92.0 Å². The first-order valence-corrected chi connectivity index (χ1v) is 17.0. The number of benzene rings is 3. The molecule has 252 valence electrons. The lowest BCUT2D eigenvalue weighted by atomic mass is 9.64. The molecule has 1 spiro atoms. The van der Waals surface area contributed by atoms with Crippen LogP contribution in [-0.4, -0.2) is 77.8 Å². The lowest BCUT2D eigenvalue weighted by Gasteiger charge is -2.37. The molecule has 9 nitrogen and oxygen atoms in total. The van der Waals surface area contributed by atoms with Crippen LogP contribution in [0.4, 0.5) is 11.4 Å². The smallest absolute Gasteiger partial charge is 0.253 e. The van der Waals surface area contributed by atoms with E-state index in [0.717, 1.165) is 10.8 Å². The highest BCUT2D eigenvalue weighted by atomic mass is 16.5. The molecule has 0 saturated carbocycles. The van der Waals surface area contributed by atoms with Gasteiger partial charge in [0, 0.05) is 37.6 Å². The van der Waals surface area contributed by atoms with Crippen LogP contribution < -0.4 is 14.5 Å². The number of aliphatic hydroxyl groups is 1. The molecule has 0 aromatic heterocycles. The summed E-state index contributed by atoms with van der Waals surface area (Å²) < 4.78 is 12.6. The number of aliphatic hydroxyl groups excluding tert-OH is 1. The normalized spacial score (nSPS) is 25.6. The van der Waals surface area contributed by atoms with E-state index in [9.17, 15) is 19.5 Å². The van der Waals surface area contributed by atoms with Gasteiger partial charge in [0.2, 0.25) is 11.8 Å². The number of fused-ring (bicyclic) bond motifs is 2. The Morgan fingerprint density at radius 1 is 0.958 bits per heavy atom. The Morgan fingerprint density at radius 2 is 1.62 bits per heavy atom. The molecule has 6 rings (SSSR count). The summed E-state index contributed by atoms with van der Waals surface area (Å²) in [5.41, 5.74) is -0.758. The van der Waals surface area contributed by atoms with E-state index >= 15 is 0 Å². The second-order valence-electron chi connectivity index (χ2n) is 12.9. The fourth-order valence-corrected chi connectivity index (χ4v) is 8.31. The maximum Gasteiger partial charge on any atom is 0.253 e. The van der Waals surface area contributed by atoms with Crippen LogP contribution in [0.25, 0.3) is 10.8 Å². The third-order valence-electron chi connectivity index (χ3n) is 10.4. The Labute approximate surface area is 282 Å². The Kier molecular flexibility index (Phi) is 9.45. The van der Waals surface area contributed by atoms with Crippen molar-refractivity contribution in [2.24, 2.45) is 11.8 Å². The molecule has 3 aromatic carbocycles. The van der Waals surface area contributed by atoms with E-state index in [1.165, 1.54) is 0 Å². The minimum absolute atomic E-state index is 0.142. The predicted molar refractivity (Wildman–Crippen MR) is 187 cm³/mol. The molecule has 3 fully saturated rings. The Morgan fingerprint density at radius 3 is 2.27 bits per heavy atom. The average molecular weight is 652 g/mol. The molecule has 0 aliphatic carbocycles. The van der Waals surface area contributed by atoms with Crippen molar-refractivity contribution in [1.29, 1.82) is 0 Å². The van der Waals surface area contributed by atoms with Gasteiger partial charge in [-0.05, 0) is 79.8 Å². The highest BCUT2D eigenvalue weighted by molar-refractivity contribution is 6.07. The van der Waals surface area contributed by atoms with Gasteiger partial charge in [0.1, 0.15) is 17.4 Å². The number of anilines is 2. The summed E-state index contributed by atoms with van der Waals surface area (Å²) in [6.07, 6.45) is 5.17. The van der Waals surface area contributed by atoms with Gasteiger partial charge < -0.3 is 29.3 Å². The van der Waals surface area contributed by atoms with Gasteiger partial charge in [-0.25, -0.2) is 0 Å². The number of hydrogen-bond acceptors (Lipinski definition) is 6. The Bertz CT molecular complexity index is 1710. The van der Waals surface area contributed by atoms with Crippen molar-refractivity contribution in [1.82, 2.24) is 4.90 Å². The van der Waals surface area contributed by atoms with Gasteiger partial charge in [0.05, 0.1) is 24.0 Å². The summed E-state index contributed by atoms with van der Waals surface area (Å²) in [6.45, 7) is 12.7. The van der Waals surface area contributed by atoms with E-state index in [-0.39, 0.29) is 44.0 Å². The SMILES string of the molecule is C=CCN(C(=O)C1N(CCCO)C(=O)[C@@H]2[C@H](C(=O)N(CC=C)c3ccc(OCC)cc3)[C@]3(CC)CCC12O3)c1ccc2ccccc2c1. The predicted octanol–water partition coefficient (Wildman–Crippen LogP) is 5.51. The van der Waals surface area contributed by atoms with Gasteiger partial charge >= 0.3 is 0 Å². The molecule has 9 heteroatoms. The summed E-state index contributed by atoms with van der Waals surface area (Å²) in [6, 6.07) is 20.1. The number of hydrogen-bond donors (Lipinski definition) is 1. The molecule has 5 atom stereocenters. The molecule has 2 unspecified atom stereocenters. The fourth-order valence-electron chi connectivity index (χ4n) is 8.31. The Balaban J connectivity index is 1.42. The van der Waals surface area contributed by atoms with Crippen LogP contribution in [0.3, 0.4) is 0 Å². The number of carbonyl (C=O) groups excluding carboxylic acids is 3. The zero-order valence-electron chi connectivity index (χ0n) is 27.8. The largest absolute Gasteiger partial charge is 0.494 e. The molecule has 0 radical (unpaired) electrons. The zero-order valence-corrected chi connectivity index (χ0v) is 27.8. The first-order valence-electron chi connectivity index (χ1n) is 17.0. The third kappa shape index (κ3) is 5.39. The molecular formula is C39H45N3O6. The van der Waals surface area contributed by atoms with E-state index in [1.807, 2.05) is 80.6 Å². The van der Waals surface area contributed by atoms with E-state index in [2.05, 4.69) is 13.2 Å². The molecular weight excluding hydrogens is 606 g/mol. The molecule has 1 N–H and O–H groups in total. The maximum absolute atomic E-state index is 14.9. The van der Waals surface area contributed by atoms with Crippen LogP contribution in [0.2, 0.25) is 0 Å². The van der Waals surface area contributed by atoms with E-state index in [4.69, 9.17) is 9.47 Å². The van der Waals surface area contributed by atoms with Crippen molar-refractivity contribution >= 4 is 39.9 Å². The molecule has 3 aliphatic heterocycles. The van der Waals surface area contributed by atoms with Gasteiger partial charge in [0.25, 0.3) is 5.91 Å². The van der Waals surface area contributed by atoms with Crippen LogP contribution in [0.5, 0.6) is 5.75 Å². The number of ether oxygens (including phenoxy) is 2. The minimum Gasteiger partial charge on any atom is -0.494 e. The minimum atomic E-state index is -1.20. The van der Waals surface area contributed by atoms with Crippen molar-refractivity contribution < 1.29 is 29.0 Å². The molecule has 48 heavy (non-hydrogen) atoms. The summed E-state index contributed by atoms with van der Waals surface area (Å²) in [5.74, 6) is -1.76. The summed E-state index contributed by atoms with van der Waals surface area (Å²) >= 11 is 0. The standard InChI is InChI=1S/C39H45N3O6/c1-5-22-40(29-16-18-31(19-17-29)47-8-4)35(44)32-33-36(45)42(24-11-25-43)34(39(33)21-20-38(32,7-3)48-39)37(46)41(23-6-2)30-15-14-27-12-9-10-13-28(27)26-30/h5-6,9-10,12-19,26,32-34,43H,1-2,7-8,11,20-25H2,3-4H3/t32-,33+,34?,38+,39?/m1/s1. The number of rotatable bonds is 14. The summed E-state index contributed by atoms with van der Waals surface area (Å²) in [5, 5.41) is 11.8. The monoisotopic (exact) mass is 651 g/mol. The molecule has 2 bridgehead atoms. The second-order valence-corrected chi connectivity index (χ2v) is 12.9. The van der Waals surface area contributed by atoms with Crippen molar-refractivity contribution in [3.8, 4) is 5.75 Å². The van der Waals surface area contributed by atoms with E-state index < -0.39 is 29.1 Å². The second kappa shape index (κ2) is 13.6. The van der Waals surface area contributed by atoms with Crippen LogP contribution >= 0.6 is 0 Å². The van der Waals surface area contributed by atoms with Crippen LogP contribution in [0.1, 0.15) is 39.5 Å². The highest BCUT2D eigenvalue weighted by Crippen LogP contribution is 2.65. The Hall–Kier alpha value is -4.47. The van der Waals surface area contributed by atoms with Crippen molar-refractivity contribution in [3.63, 3.8) is 0 Å². The first kappa shape index (κ1) is 33.4. The quantitative estimate of drug-likeness (QED) is 0.231. The number of likely N-dealkylation sites (tertiary alicyclic amines) is 1.